The van der Waals surface area contributed by atoms with Crippen molar-refractivity contribution in [2.75, 3.05) is 0 Å². The van der Waals surface area contributed by atoms with Gasteiger partial charge in [-0.05, 0) is 38.1 Å². The molecule has 0 saturated heterocycles. The van der Waals surface area contributed by atoms with Crippen molar-refractivity contribution in [3.8, 4) is 0 Å². The standard InChI is InChI=1S/C15H18N2O2/c1-11(2)16-15(19)6-8-17-7-5-13-9-12(10-18)3-4-14(13)17/h3-5,7,9-11H,6,8H2,1-2H3,(H,16,19). The van der Waals surface area contributed by atoms with E-state index in [1.54, 1.807) is 6.07 Å². The predicted molar refractivity (Wildman–Crippen MR) is 75.2 cm³/mol. The molecule has 1 amide bonds. The molecule has 1 aromatic carbocycles. The van der Waals surface area contributed by atoms with Gasteiger partial charge in [0.2, 0.25) is 5.91 Å². The van der Waals surface area contributed by atoms with Crippen LogP contribution in [0.25, 0.3) is 10.9 Å². The summed E-state index contributed by atoms with van der Waals surface area (Å²) < 4.78 is 2.03. The van der Waals surface area contributed by atoms with Gasteiger partial charge in [0.1, 0.15) is 6.29 Å². The van der Waals surface area contributed by atoms with Gasteiger partial charge < -0.3 is 9.88 Å². The molecule has 1 N–H and O–H groups in total. The highest BCUT2D eigenvalue weighted by atomic mass is 16.1. The van der Waals surface area contributed by atoms with Crippen molar-refractivity contribution in [3.63, 3.8) is 0 Å². The number of carbonyl (C=O) groups excluding carboxylic acids is 2. The Bertz CT molecular complexity index is 599. The van der Waals surface area contributed by atoms with E-state index in [2.05, 4.69) is 5.32 Å². The first-order valence-corrected chi connectivity index (χ1v) is 6.43. The third-order valence-corrected chi connectivity index (χ3v) is 2.96. The van der Waals surface area contributed by atoms with Crippen LogP contribution in [0.15, 0.2) is 30.5 Å². The number of aldehydes is 1. The van der Waals surface area contributed by atoms with E-state index >= 15 is 0 Å². The van der Waals surface area contributed by atoms with Gasteiger partial charge in [-0.3, -0.25) is 9.59 Å². The molecule has 1 heterocycles. The number of fused-ring (bicyclic) bond motifs is 1. The molecule has 4 nitrogen and oxygen atoms in total. The molecule has 0 bridgehead atoms. The monoisotopic (exact) mass is 258 g/mol. The van der Waals surface area contributed by atoms with Crippen LogP contribution in [0.4, 0.5) is 0 Å². The molecule has 0 radical (unpaired) electrons. The molecule has 0 unspecified atom stereocenters. The van der Waals surface area contributed by atoms with Gasteiger partial charge in [-0.1, -0.05) is 0 Å². The van der Waals surface area contributed by atoms with E-state index in [1.807, 2.05) is 42.8 Å². The molecule has 0 fully saturated rings. The molecule has 19 heavy (non-hydrogen) atoms. The normalized spacial score (nSPS) is 10.9. The molecule has 1 aromatic heterocycles. The quantitative estimate of drug-likeness (QED) is 0.837. The van der Waals surface area contributed by atoms with Crippen molar-refractivity contribution >= 4 is 23.1 Å². The average molecular weight is 258 g/mol. The lowest BCUT2D eigenvalue weighted by Crippen LogP contribution is -2.30. The van der Waals surface area contributed by atoms with E-state index in [-0.39, 0.29) is 11.9 Å². The maximum Gasteiger partial charge on any atom is 0.221 e. The van der Waals surface area contributed by atoms with E-state index in [9.17, 15) is 9.59 Å². The Hall–Kier alpha value is -2.10. The van der Waals surface area contributed by atoms with Gasteiger partial charge in [0.15, 0.2) is 0 Å². The van der Waals surface area contributed by atoms with Gasteiger partial charge in [0.25, 0.3) is 0 Å². The van der Waals surface area contributed by atoms with Crippen LogP contribution in [0.2, 0.25) is 0 Å². The first-order chi connectivity index (χ1) is 9.10. The zero-order chi connectivity index (χ0) is 13.8. The number of aromatic nitrogens is 1. The topological polar surface area (TPSA) is 51.1 Å². The number of nitrogens with zero attached hydrogens (tertiary/aromatic N) is 1. The number of carbonyl (C=O) groups is 2. The highest BCUT2D eigenvalue weighted by Crippen LogP contribution is 2.17. The van der Waals surface area contributed by atoms with Gasteiger partial charge >= 0.3 is 0 Å². The fraction of sp³-hybridized carbons (Fsp3) is 0.333. The molecule has 2 rings (SSSR count). The number of rotatable bonds is 5. The second-order valence-corrected chi connectivity index (χ2v) is 4.92. The number of hydrogen-bond acceptors (Lipinski definition) is 2. The molecule has 0 aliphatic heterocycles. The molecule has 0 aliphatic rings. The third kappa shape index (κ3) is 3.22. The van der Waals surface area contributed by atoms with Crippen LogP contribution in [0, 0.1) is 0 Å². The minimum Gasteiger partial charge on any atom is -0.354 e. The van der Waals surface area contributed by atoms with Crippen molar-refractivity contribution in [1.82, 2.24) is 9.88 Å². The molecule has 0 atom stereocenters. The van der Waals surface area contributed by atoms with E-state index < -0.39 is 0 Å². The number of nitrogens with one attached hydrogen (secondary N) is 1. The van der Waals surface area contributed by atoms with Crippen molar-refractivity contribution in [2.24, 2.45) is 0 Å². The molecule has 2 aromatic rings. The molecule has 0 saturated carbocycles. The van der Waals surface area contributed by atoms with E-state index in [0.717, 1.165) is 17.2 Å². The first kappa shape index (κ1) is 13.3. The van der Waals surface area contributed by atoms with E-state index in [0.29, 0.717) is 18.5 Å². The van der Waals surface area contributed by atoms with Crippen LogP contribution in [0.3, 0.4) is 0 Å². The molecule has 0 spiro atoms. The lowest BCUT2D eigenvalue weighted by molar-refractivity contribution is -0.121. The summed E-state index contributed by atoms with van der Waals surface area (Å²) in [4.78, 5) is 22.3. The zero-order valence-corrected chi connectivity index (χ0v) is 11.2. The molecular formula is C15H18N2O2. The summed E-state index contributed by atoms with van der Waals surface area (Å²) in [5.74, 6) is 0.0568. The third-order valence-electron chi connectivity index (χ3n) is 2.96. The second kappa shape index (κ2) is 5.69. The Kier molecular flexibility index (Phi) is 4.00. The number of benzene rings is 1. The second-order valence-electron chi connectivity index (χ2n) is 4.92. The van der Waals surface area contributed by atoms with Crippen LogP contribution in [-0.4, -0.2) is 22.8 Å². The predicted octanol–water partition coefficient (Wildman–Crippen LogP) is 2.37. The Labute approximate surface area is 112 Å². The Morgan fingerprint density at radius 1 is 1.37 bits per heavy atom. The summed E-state index contributed by atoms with van der Waals surface area (Å²) in [5, 5.41) is 3.89. The van der Waals surface area contributed by atoms with Gasteiger partial charge in [0, 0.05) is 41.7 Å². The SMILES string of the molecule is CC(C)NC(=O)CCn1ccc2cc(C=O)ccc21. The lowest BCUT2D eigenvalue weighted by atomic mass is 10.2. The number of hydrogen-bond donors (Lipinski definition) is 1. The summed E-state index contributed by atoms with van der Waals surface area (Å²) in [7, 11) is 0. The van der Waals surface area contributed by atoms with Gasteiger partial charge in [-0.15, -0.1) is 0 Å². The lowest BCUT2D eigenvalue weighted by Gasteiger charge is -2.09. The summed E-state index contributed by atoms with van der Waals surface area (Å²) in [6, 6.07) is 7.69. The highest BCUT2D eigenvalue weighted by Gasteiger charge is 2.06. The fourth-order valence-electron chi connectivity index (χ4n) is 2.10. The maximum atomic E-state index is 11.6. The van der Waals surface area contributed by atoms with Crippen molar-refractivity contribution in [2.45, 2.75) is 32.9 Å². The Balaban J connectivity index is 2.09. The maximum absolute atomic E-state index is 11.6. The van der Waals surface area contributed by atoms with Crippen molar-refractivity contribution < 1.29 is 9.59 Å². The van der Waals surface area contributed by atoms with Crippen LogP contribution in [-0.2, 0) is 11.3 Å². The summed E-state index contributed by atoms with van der Waals surface area (Å²) in [5.41, 5.74) is 1.71. The fourth-order valence-corrected chi connectivity index (χ4v) is 2.10. The largest absolute Gasteiger partial charge is 0.354 e. The van der Waals surface area contributed by atoms with Gasteiger partial charge in [-0.25, -0.2) is 0 Å². The molecule has 100 valence electrons. The summed E-state index contributed by atoms with van der Waals surface area (Å²) in [6.07, 6.45) is 3.24. The number of aryl methyl sites for hydroxylation is 1. The van der Waals surface area contributed by atoms with Crippen LogP contribution in [0.1, 0.15) is 30.6 Å². The molecule has 4 heteroatoms. The first-order valence-electron chi connectivity index (χ1n) is 6.43. The average Bonchev–Trinajstić information content (AvgIpc) is 2.77. The zero-order valence-electron chi connectivity index (χ0n) is 11.2. The minimum absolute atomic E-state index is 0.0568. The van der Waals surface area contributed by atoms with Crippen LogP contribution >= 0.6 is 0 Å². The summed E-state index contributed by atoms with van der Waals surface area (Å²) in [6.45, 7) is 4.54. The molecular weight excluding hydrogens is 240 g/mol. The van der Waals surface area contributed by atoms with Crippen molar-refractivity contribution in [3.05, 3.63) is 36.0 Å². The van der Waals surface area contributed by atoms with E-state index in [1.165, 1.54) is 0 Å². The van der Waals surface area contributed by atoms with Crippen molar-refractivity contribution in [1.29, 1.82) is 0 Å². The highest BCUT2D eigenvalue weighted by molar-refractivity contribution is 5.87. The Morgan fingerprint density at radius 3 is 2.84 bits per heavy atom. The summed E-state index contributed by atoms with van der Waals surface area (Å²) >= 11 is 0. The van der Waals surface area contributed by atoms with E-state index in [4.69, 9.17) is 0 Å². The minimum atomic E-state index is 0.0568. The van der Waals surface area contributed by atoms with Gasteiger partial charge in [-0.2, -0.15) is 0 Å². The smallest absolute Gasteiger partial charge is 0.221 e. The van der Waals surface area contributed by atoms with Crippen LogP contribution in [0.5, 0.6) is 0 Å². The van der Waals surface area contributed by atoms with Gasteiger partial charge in [0.05, 0.1) is 0 Å². The Morgan fingerprint density at radius 2 is 2.16 bits per heavy atom. The van der Waals surface area contributed by atoms with Crippen LogP contribution < -0.4 is 5.32 Å². The molecule has 0 aliphatic carbocycles. The number of amides is 1.